The zero-order valence-electron chi connectivity index (χ0n) is 8.06. The largest absolute Gasteiger partial charge is 0.349 e. The maximum Gasteiger partial charge on any atom is 0.251 e. The third-order valence-electron chi connectivity index (χ3n) is 1.79. The molecule has 1 rings (SSSR count). The molecule has 1 atom stereocenters. The van der Waals surface area contributed by atoms with Crippen LogP contribution in [-0.2, 0) is 0 Å². The van der Waals surface area contributed by atoms with Crippen LogP contribution in [0.5, 0.6) is 0 Å². The topological polar surface area (TPSA) is 29.1 Å². The van der Waals surface area contributed by atoms with Crippen molar-refractivity contribution in [1.82, 2.24) is 5.32 Å². The van der Waals surface area contributed by atoms with Gasteiger partial charge >= 0.3 is 0 Å². The van der Waals surface area contributed by atoms with Crippen LogP contribution in [0.2, 0.25) is 5.02 Å². The van der Waals surface area contributed by atoms with E-state index in [1.165, 1.54) is 0 Å². The van der Waals surface area contributed by atoms with Crippen molar-refractivity contribution in [3.05, 3.63) is 32.4 Å². The van der Waals surface area contributed by atoms with E-state index in [0.717, 1.165) is 8.90 Å². The molecule has 0 radical (unpaired) electrons. The summed E-state index contributed by atoms with van der Waals surface area (Å²) in [4.78, 5) is 11.7. The lowest BCUT2D eigenvalue weighted by molar-refractivity contribution is 0.0944. The Bertz CT molecular complexity index is 372. The highest BCUT2D eigenvalue weighted by atomic mass is 127. The van der Waals surface area contributed by atoms with Gasteiger partial charge in [-0.05, 0) is 47.7 Å². The van der Waals surface area contributed by atoms with Gasteiger partial charge in [0.05, 0.1) is 5.02 Å². The highest BCUT2D eigenvalue weighted by Gasteiger charge is 2.09. The Labute approximate surface area is 116 Å². The normalized spacial score (nSPS) is 12.3. The van der Waals surface area contributed by atoms with Gasteiger partial charge in [0, 0.05) is 20.5 Å². The Morgan fingerprint density at radius 2 is 2.33 bits per heavy atom. The summed E-state index contributed by atoms with van der Waals surface area (Å²) >= 11 is 11.4. The fourth-order valence-corrected chi connectivity index (χ4v) is 1.66. The highest BCUT2D eigenvalue weighted by molar-refractivity contribution is 14.1. The van der Waals surface area contributed by atoms with Crippen molar-refractivity contribution in [2.75, 3.05) is 5.33 Å². The molecule has 15 heavy (non-hydrogen) atoms. The molecule has 0 aromatic heterocycles. The van der Waals surface area contributed by atoms with Crippen molar-refractivity contribution in [2.45, 2.75) is 13.0 Å². The maximum absolute atomic E-state index is 11.7. The maximum atomic E-state index is 11.7. The zero-order valence-corrected chi connectivity index (χ0v) is 12.6. The number of amides is 1. The van der Waals surface area contributed by atoms with Gasteiger partial charge in [0.15, 0.2) is 0 Å². The lowest BCUT2D eigenvalue weighted by Crippen LogP contribution is -2.33. The first kappa shape index (κ1) is 13.3. The third kappa shape index (κ3) is 3.92. The Kier molecular flexibility index (Phi) is 5.35. The van der Waals surface area contributed by atoms with Crippen molar-refractivity contribution in [2.24, 2.45) is 0 Å². The molecule has 1 aromatic rings. The van der Waals surface area contributed by atoms with Gasteiger partial charge in [0.1, 0.15) is 0 Å². The van der Waals surface area contributed by atoms with E-state index in [1.807, 2.05) is 13.0 Å². The van der Waals surface area contributed by atoms with E-state index >= 15 is 0 Å². The summed E-state index contributed by atoms with van der Waals surface area (Å²) in [6, 6.07) is 5.38. The van der Waals surface area contributed by atoms with Crippen LogP contribution in [0.1, 0.15) is 17.3 Å². The first-order valence-electron chi connectivity index (χ1n) is 4.36. The Balaban J connectivity index is 2.78. The Morgan fingerprint density at radius 1 is 1.67 bits per heavy atom. The van der Waals surface area contributed by atoms with Gasteiger partial charge in [-0.2, -0.15) is 0 Å². The monoisotopic (exact) mass is 401 g/mol. The van der Waals surface area contributed by atoms with Gasteiger partial charge < -0.3 is 5.32 Å². The quantitative estimate of drug-likeness (QED) is 0.609. The molecule has 1 unspecified atom stereocenters. The second-order valence-corrected chi connectivity index (χ2v) is 5.37. The van der Waals surface area contributed by atoms with Crippen molar-refractivity contribution >= 4 is 56.0 Å². The standard InChI is InChI=1S/C10H10BrClINO/c1-6(5-11)14-10(15)7-2-3-9(13)8(12)4-7/h2-4,6H,5H2,1H3,(H,14,15). The van der Waals surface area contributed by atoms with Crippen molar-refractivity contribution in [3.8, 4) is 0 Å². The smallest absolute Gasteiger partial charge is 0.251 e. The van der Waals surface area contributed by atoms with Crippen LogP contribution in [0.4, 0.5) is 0 Å². The summed E-state index contributed by atoms with van der Waals surface area (Å²) in [5.41, 5.74) is 0.591. The second-order valence-electron chi connectivity index (χ2n) is 3.16. The minimum atomic E-state index is -0.0970. The molecule has 1 aromatic carbocycles. The number of carbonyl (C=O) groups excluding carboxylic acids is 1. The second kappa shape index (κ2) is 6.06. The van der Waals surface area contributed by atoms with Gasteiger partial charge in [0.25, 0.3) is 5.91 Å². The molecular weight excluding hydrogens is 392 g/mol. The summed E-state index contributed by atoms with van der Waals surface area (Å²) in [7, 11) is 0. The molecule has 1 N–H and O–H groups in total. The lowest BCUT2D eigenvalue weighted by Gasteiger charge is -2.10. The van der Waals surface area contributed by atoms with E-state index in [0.29, 0.717) is 10.6 Å². The molecular formula is C10H10BrClINO. The number of rotatable bonds is 3. The number of benzene rings is 1. The summed E-state index contributed by atoms with van der Waals surface area (Å²) in [5.74, 6) is -0.0970. The molecule has 0 aliphatic heterocycles. The van der Waals surface area contributed by atoms with E-state index in [4.69, 9.17) is 11.6 Å². The van der Waals surface area contributed by atoms with Crippen LogP contribution >= 0.6 is 50.1 Å². The van der Waals surface area contributed by atoms with Gasteiger partial charge in [-0.3, -0.25) is 4.79 Å². The number of hydrogen-bond acceptors (Lipinski definition) is 1. The molecule has 0 saturated carbocycles. The van der Waals surface area contributed by atoms with Crippen LogP contribution in [0.25, 0.3) is 0 Å². The van der Waals surface area contributed by atoms with Gasteiger partial charge in [-0.1, -0.05) is 27.5 Å². The van der Waals surface area contributed by atoms with Crippen molar-refractivity contribution < 1.29 is 4.79 Å². The van der Waals surface area contributed by atoms with Crippen LogP contribution in [0, 0.1) is 3.57 Å². The average Bonchev–Trinajstić information content (AvgIpc) is 2.21. The van der Waals surface area contributed by atoms with E-state index < -0.39 is 0 Å². The molecule has 0 bridgehead atoms. The van der Waals surface area contributed by atoms with E-state index in [-0.39, 0.29) is 11.9 Å². The van der Waals surface area contributed by atoms with Gasteiger partial charge in [0.2, 0.25) is 0 Å². The molecule has 0 aliphatic carbocycles. The van der Waals surface area contributed by atoms with E-state index in [2.05, 4.69) is 43.8 Å². The summed E-state index contributed by atoms with van der Waals surface area (Å²) in [6.07, 6.45) is 0. The molecule has 82 valence electrons. The lowest BCUT2D eigenvalue weighted by atomic mass is 10.2. The highest BCUT2D eigenvalue weighted by Crippen LogP contribution is 2.19. The molecule has 0 saturated heterocycles. The molecule has 2 nitrogen and oxygen atoms in total. The Hall–Kier alpha value is 0.190. The number of halogens is 3. The predicted octanol–water partition coefficient (Wildman–Crippen LogP) is 3.46. The van der Waals surface area contributed by atoms with E-state index in [1.54, 1.807) is 12.1 Å². The van der Waals surface area contributed by atoms with Crippen molar-refractivity contribution in [3.63, 3.8) is 0 Å². The summed E-state index contributed by atoms with van der Waals surface area (Å²) in [5, 5.41) is 4.18. The zero-order chi connectivity index (χ0) is 11.4. The SMILES string of the molecule is CC(CBr)NC(=O)c1ccc(I)c(Cl)c1. The molecule has 0 heterocycles. The number of carbonyl (C=O) groups is 1. The predicted molar refractivity (Wildman–Crippen MR) is 74.9 cm³/mol. The molecule has 5 heteroatoms. The summed E-state index contributed by atoms with van der Waals surface area (Å²) in [6.45, 7) is 1.93. The molecule has 1 amide bonds. The number of hydrogen-bond donors (Lipinski definition) is 1. The average molecular weight is 402 g/mol. The van der Waals surface area contributed by atoms with Gasteiger partial charge in [-0.25, -0.2) is 0 Å². The van der Waals surface area contributed by atoms with Crippen molar-refractivity contribution in [1.29, 1.82) is 0 Å². The van der Waals surface area contributed by atoms with Gasteiger partial charge in [-0.15, -0.1) is 0 Å². The van der Waals surface area contributed by atoms with E-state index in [9.17, 15) is 4.79 Å². The van der Waals surface area contributed by atoms with Crippen LogP contribution in [0.3, 0.4) is 0 Å². The molecule has 0 aliphatic rings. The fraction of sp³-hybridized carbons (Fsp3) is 0.300. The van der Waals surface area contributed by atoms with Crippen LogP contribution in [0.15, 0.2) is 18.2 Å². The van der Waals surface area contributed by atoms with Crippen LogP contribution < -0.4 is 5.32 Å². The van der Waals surface area contributed by atoms with Crippen LogP contribution in [-0.4, -0.2) is 17.3 Å². The first-order chi connectivity index (χ1) is 7.04. The number of alkyl halides is 1. The fourth-order valence-electron chi connectivity index (χ4n) is 0.983. The summed E-state index contributed by atoms with van der Waals surface area (Å²) < 4.78 is 0.944. The Morgan fingerprint density at radius 3 is 2.87 bits per heavy atom. The first-order valence-corrected chi connectivity index (χ1v) is 6.94. The molecule has 0 fully saturated rings. The minimum absolute atomic E-state index is 0.0970. The number of nitrogens with one attached hydrogen (secondary N) is 1. The third-order valence-corrected chi connectivity index (χ3v) is 4.33. The molecule has 0 spiro atoms. The minimum Gasteiger partial charge on any atom is -0.349 e.